The van der Waals surface area contributed by atoms with E-state index in [2.05, 4.69) is 10.3 Å². The molecule has 0 spiro atoms. The van der Waals surface area contributed by atoms with Gasteiger partial charge in [-0.25, -0.2) is 13.4 Å². The zero-order valence-corrected chi connectivity index (χ0v) is 20.8. The SMILES string of the molecule is COCCN(CCOC)S(=O)(=O)c1ccc(C(=O)Nc2nc3c(s2)C(=O)CC(C)(C)C3)cc1. The molecular formula is C22H29N3O6S2. The maximum absolute atomic E-state index is 13.0. The number of Topliss-reactive ketones (excluding diaryl/α,β-unsaturated/α-hetero) is 1. The van der Waals surface area contributed by atoms with Crippen molar-refractivity contribution in [1.82, 2.24) is 9.29 Å². The van der Waals surface area contributed by atoms with Crippen LogP contribution in [-0.2, 0) is 25.9 Å². The van der Waals surface area contributed by atoms with E-state index in [1.165, 1.54) is 54.1 Å². The van der Waals surface area contributed by atoms with Gasteiger partial charge in [0.25, 0.3) is 5.91 Å². The summed E-state index contributed by atoms with van der Waals surface area (Å²) in [5.41, 5.74) is 0.848. The van der Waals surface area contributed by atoms with E-state index in [4.69, 9.17) is 9.47 Å². The molecular weight excluding hydrogens is 466 g/mol. The average molecular weight is 496 g/mol. The number of carbonyl (C=O) groups excluding carboxylic acids is 2. The third-order valence-corrected chi connectivity index (χ3v) is 8.27. The molecule has 0 fully saturated rings. The molecule has 1 amide bonds. The molecule has 2 aromatic rings. The van der Waals surface area contributed by atoms with E-state index in [-0.39, 0.29) is 48.0 Å². The Bertz CT molecular complexity index is 1100. The number of anilines is 1. The molecule has 0 bridgehead atoms. The second kappa shape index (κ2) is 10.4. The Morgan fingerprint density at radius 2 is 1.73 bits per heavy atom. The van der Waals surface area contributed by atoms with Gasteiger partial charge in [-0.1, -0.05) is 25.2 Å². The number of fused-ring (bicyclic) bond motifs is 1. The highest BCUT2D eigenvalue weighted by Crippen LogP contribution is 2.38. The van der Waals surface area contributed by atoms with Crippen molar-refractivity contribution in [3.8, 4) is 0 Å². The summed E-state index contributed by atoms with van der Waals surface area (Å²) in [6, 6.07) is 5.70. The number of nitrogens with one attached hydrogen (secondary N) is 1. The number of sulfonamides is 1. The summed E-state index contributed by atoms with van der Waals surface area (Å²) in [5.74, 6) is -0.382. The minimum Gasteiger partial charge on any atom is -0.383 e. The molecule has 1 N–H and O–H groups in total. The largest absolute Gasteiger partial charge is 0.383 e. The van der Waals surface area contributed by atoms with Crippen LogP contribution in [0.5, 0.6) is 0 Å². The number of hydrogen-bond acceptors (Lipinski definition) is 8. The Hall–Kier alpha value is -2.18. The molecule has 11 heteroatoms. The molecule has 3 rings (SSSR count). The molecule has 0 aliphatic heterocycles. The van der Waals surface area contributed by atoms with E-state index in [1.54, 1.807) is 0 Å². The maximum Gasteiger partial charge on any atom is 0.257 e. The van der Waals surface area contributed by atoms with Crippen LogP contribution in [0.2, 0.25) is 0 Å². The van der Waals surface area contributed by atoms with E-state index in [0.29, 0.717) is 28.5 Å². The van der Waals surface area contributed by atoms with Crippen LogP contribution >= 0.6 is 11.3 Å². The van der Waals surface area contributed by atoms with Crippen molar-refractivity contribution in [2.24, 2.45) is 5.41 Å². The Labute approximate surface area is 198 Å². The topological polar surface area (TPSA) is 115 Å². The summed E-state index contributed by atoms with van der Waals surface area (Å²) in [6.07, 6.45) is 1.13. The van der Waals surface area contributed by atoms with Crippen LogP contribution in [0.3, 0.4) is 0 Å². The predicted molar refractivity (Wildman–Crippen MR) is 125 cm³/mol. The number of ether oxygens (including phenoxy) is 2. The van der Waals surface area contributed by atoms with Crippen LogP contribution in [0.1, 0.15) is 46.0 Å². The van der Waals surface area contributed by atoms with Crippen molar-refractivity contribution >= 4 is 38.2 Å². The van der Waals surface area contributed by atoms with Crippen molar-refractivity contribution in [2.75, 3.05) is 45.8 Å². The fourth-order valence-electron chi connectivity index (χ4n) is 3.61. The van der Waals surface area contributed by atoms with Crippen LogP contribution in [0.25, 0.3) is 0 Å². The molecule has 0 atom stereocenters. The lowest BCUT2D eigenvalue weighted by Crippen LogP contribution is -2.36. The van der Waals surface area contributed by atoms with E-state index < -0.39 is 15.9 Å². The summed E-state index contributed by atoms with van der Waals surface area (Å²) in [6.45, 7) is 4.92. The van der Waals surface area contributed by atoms with Gasteiger partial charge in [-0.05, 0) is 36.1 Å². The predicted octanol–water partition coefficient (Wildman–Crippen LogP) is 2.83. The first-order valence-electron chi connectivity index (χ1n) is 10.5. The van der Waals surface area contributed by atoms with Gasteiger partial charge in [0.2, 0.25) is 10.0 Å². The number of benzene rings is 1. The smallest absolute Gasteiger partial charge is 0.257 e. The van der Waals surface area contributed by atoms with Gasteiger partial charge in [0.05, 0.1) is 28.7 Å². The van der Waals surface area contributed by atoms with Gasteiger partial charge in [-0.2, -0.15) is 4.31 Å². The first-order valence-corrected chi connectivity index (χ1v) is 12.8. The maximum atomic E-state index is 13.0. The second-order valence-electron chi connectivity index (χ2n) is 8.60. The van der Waals surface area contributed by atoms with Gasteiger partial charge in [0.1, 0.15) is 0 Å². The van der Waals surface area contributed by atoms with Crippen LogP contribution in [-0.4, -0.2) is 69.9 Å². The molecule has 1 aliphatic rings. The van der Waals surface area contributed by atoms with Crippen LogP contribution < -0.4 is 5.32 Å². The third kappa shape index (κ3) is 6.04. The van der Waals surface area contributed by atoms with Gasteiger partial charge >= 0.3 is 0 Å². The molecule has 1 aromatic heterocycles. The minimum absolute atomic E-state index is 0.0420. The molecule has 0 saturated heterocycles. The third-order valence-electron chi connectivity index (χ3n) is 5.30. The highest BCUT2D eigenvalue weighted by Gasteiger charge is 2.34. The number of aromatic nitrogens is 1. The van der Waals surface area contributed by atoms with Crippen LogP contribution in [0.15, 0.2) is 29.2 Å². The molecule has 0 unspecified atom stereocenters. The van der Waals surface area contributed by atoms with E-state index in [1.807, 2.05) is 13.8 Å². The van der Waals surface area contributed by atoms with Crippen molar-refractivity contribution in [3.63, 3.8) is 0 Å². The van der Waals surface area contributed by atoms with E-state index >= 15 is 0 Å². The molecule has 1 aromatic carbocycles. The normalized spacial score (nSPS) is 15.5. The van der Waals surface area contributed by atoms with Crippen LogP contribution in [0.4, 0.5) is 5.13 Å². The molecule has 1 aliphatic carbocycles. The summed E-state index contributed by atoms with van der Waals surface area (Å²) >= 11 is 1.17. The summed E-state index contributed by atoms with van der Waals surface area (Å²) in [5, 5.41) is 3.08. The first kappa shape index (κ1) is 25.4. The number of methoxy groups -OCH3 is 2. The van der Waals surface area contributed by atoms with Gasteiger partial charge in [0, 0.05) is 39.3 Å². The number of carbonyl (C=O) groups is 2. The summed E-state index contributed by atoms with van der Waals surface area (Å²) in [4.78, 5) is 30.2. The monoisotopic (exact) mass is 495 g/mol. The van der Waals surface area contributed by atoms with Gasteiger partial charge < -0.3 is 9.47 Å². The standard InChI is InChI=1S/C22H29N3O6S2/c1-22(2)13-17-19(18(26)14-22)32-21(23-17)24-20(27)15-5-7-16(8-6-15)33(28,29)25(9-11-30-3)10-12-31-4/h5-8H,9-14H2,1-4H3,(H,23,24,27). The zero-order valence-electron chi connectivity index (χ0n) is 19.2. The number of amides is 1. The molecule has 0 radical (unpaired) electrons. The zero-order chi connectivity index (χ0) is 24.2. The second-order valence-corrected chi connectivity index (χ2v) is 11.5. The number of ketones is 1. The van der Waals surface area contributed by atoms with Gasteiger partial charge in [-0.15, -0.1) is 0 Å². The summed E-state index contributed by atoms with van der Waals surface area (Å²) < 4.78 is 37.3. The molecule has 33 heavy (non-hydrogen) atoms. The summed E-state index contributed by atoms with van der Waals surface area (Å²) in [7, 11) is -0.764. The van der Waals surface area contributed by atoms with Gasteiger partial charge in [-0.3, -0.25) is 14.9 Å². The number of rotatable bonds is 10. The molecule has 0 saturated carbocycles. The first-order chi connectivity index (χ1) is 15.6. The number of hydrogen-bond donors (Lipinski definition) is 1. The lowest BCUT2D eigenvalue weighted by atomic mass is 9.78. The van der Waals surface area contributed by atoms with Crippen molar-refractivity contribution in [2.45, 2.75) is 31.6 Å². The molecule has 9 nitrogen and oxygen atoms in total. The molecule has 180 valence electrons. The highest BCUT2D eigenvalue weighted by molar-refractivity contribution is 7.89. The van der Waals surface area contributed by atoms with Crippen molar-refractivity contribution in [1.29, 1.82) is 0 Å². The fraction of sp³-hybridized carbons (Fsp3) is 0.500. The Morgan fingerprint density at radius 1 is 1.12 bits per heavy atom. The fourth-order valence-corrected chi connectivity index (χ4v) is 5.93. The van der Waals surface area contributed by atoms with E-state index in [0.717, 1.165) is 0 Å². The van der Waals surface area contributed by atoms with Crippen LogP contribution in [0, 0.1) is 5.41 Å². The lowest BCUT2D eigenvalue weighted by molar-refractivity contribution is 0.0915. The Kier molecular flexibility index (Phi) is 8.01. The minimum atomic E-state index is -3.77. The van der Waals surface area contributed by atoms with Crippen molar-refractivity contribution in [3.05, 3.63) is 40.4 Å². The highest BCUT2D eigenvalue weighted by atomic mass is 32.2. The Balaban J connectivity index is 1.73. The van der Waals surface area contributed by atoms with Gasteiger partial charge in [0.15, 0.2) is 10.9 Å². The Morgan fingerprint density at radius 3 is 2.30 bits per heavy atom. The quantitative estimate of drug-likeness (QED) is 0.539. The average Bonchev–Trinajstić information content (AvgIpc) is 3.15. The lowest BCUT2D eigenvalue weighted by Gasteiger charge is -2.26. The number of thiazole rings is 1. The van der Waals surface area contributed by atoms with E-state index in [9.17, 15) is 18.0 Å². The molecule has 1 heterocycles. The number of nitrogens with zero attached hydrogens (tertiary/aromatic N) is 2. The van der Waals surface area contributed by atoms with Crippen molar-refractivity contribution < 1.29 is 27.5 Å².